The Kier molecular flexibility index (Phi) is 2.33. The van der Waals surface area contributed by atoms with Crippen LogP contribution in [0, 0.1) is 11.8 Å². The Bertz CT molecular complexity index is 265. The van der Waals surface area contributed by atoms with Gasteiger partial charge in [0.15, 0.2) is 0 Å². The van der Waals surface area contributed by atoms with Crippen LogP contribution < -0.4 is 0 Å². The van der Waals surface area contributed by atoms with Crippen molar-refractivity contribution in [1.82, 2.24) is 0 Å². The van der Waals surface area contributed by atoms with Gasteiger partial charge in [0.1, 0.15) is 6.10 Å². The van der Waals surface area contributed by atoms with Gasteiger partial charge in [0.25, 0.3) is 11.0 Å². The summed E-state index contributed by atoms with van der Waals surface area (Å²) in [5, 5.41) is 0. The minimum Gasteiger partial charge on any atom is -0.372 e. The summed E-state index contributed by atoms with van der Waals surface area (Å²) in [7, 11) is -2.74. The molecule has 13 heavy (non-hydrogen) atoms. The maximum absolute atomic E-state index is 10.4. The summed E-state index contributed by atoms with van der Waals surface area (Å²) in [6.07, 6.45) is 0.846. The van der Waals surface area contributed by atoms with Crippen LogP contribution in [0.15, 0.2) is 0 Å². The molecule has 0 aromatic rings. The number of thiol groups is 1. The summed E-state index contributed by atoms with van der Waals surface area (Å²) in [6.45, 7) is 4.12. The predicted octanol–water partition coefficient (Wildman–Crippen LogP) is 0.341. The largest absolute Gasteiger partial charge is 0.372 e. The number of hydrogen-bond acceptors (Lipinski definition) is 4. The van der Waals surface area contributed by atoms with Crippen LogP contribution in [0.5, 0.6) is 0 Å². The normalized spacial score (nSPS) is 49.0. The van der Waals surface area contributed by atoms with Gasteiger partial charge in [0, 0.05) is 5.92 Å². The van der Waals surface area contributed by atoms with Gasteiger partial charge in [-0.05, 0) is 12.3 Å². The molecule has 0 saturated carbocycles. The van der Waals surface area contributed by atoms with E-state index in [1.165, 1.54) is 0 Å². The zero-order valence-electron chi connectivity index (χ0n) is 7.67. The van der Waals surface area contributed by atoms with E-state index in [1.807, 2.05) is 6.92 Å². The van der Waals surface area contributed by atoms with Crippen LogP contribution >= 0.6 is 0 Å². The second kappa shape index (κ2) is 3.22. The van der Waals surface area contributed by atoms with Crippen molar-refractivity contribution < 1.29 is 17.3 Å². The van der Waals surface area contributed by atoms with Crippen molar-refractivity contribution in [3.05, 3.63) is 0 Å². The molecule has 2 aliphatic heterocycles. The molecule has 0 radical (unpaired) electrons. The molecular weight excluding hydrogens is 192 g/mol. The highest BCUT2D eigenvalue weighted by atomic mass is 32.2. The standard InChI is InChI=1S/C8H14O4S/c1-4-3-6-8(12-13(9)10)5(2)7(4)11-6/h4-8,13H,3H2,1-2H3. The Morgan fingerprint density at radius 3 is 2.54 bits per heavy atom. The number of ether oxygens (including phenoxy) is 1. The van der Waals surface area contributed by atoms with E-state index in [2.05, 4.69) is 6.92 Å². The Morgan fingerprint density at radius 2 is 2.08 bits per heavy atom. The predicted molar refractivity (Wildman–Crippen MR) is 46.8 cm³/mol. The smallest absolute Gasteiger partial charge is 0.257 e. The van der Waals surface area contributed by atoms with Crippen molar-refractivity contribution in [2.24, 2.45) is 11.8 Å². The Labute approximate surface area is 79.4 Å². The molecule has 0 aliphatic carbocycles. The summed E-state index contributed by atoms with van der Waals surface area (Å²) in [5.74, 6) is 0.728. The molecule has 4 nitrogen and oxygen atoms in total. The van der Waals surface area contributed by atoms with Gasteiger partial charge in [-0.1, -0.05) is 13.8 Å². The van der Waals surface area contributed by atoms with Crippen LogP contribution in [0.2, 0.25) is 0 Å². The van der Waals surface area contributed by atoms with Gasteiger partial charge in [-0.15, -0.1) is 0 Å². The third-order valence-corrected chi connectivity index (χ3v) is 3.52. The molecule has 5 heteroatoms. The van der Waals surface area contributed by atoms with E-state index in [9.17, 15) is 8.42 Å². The molecule has 2 bridgehead atoms. The fourth-order valence-corrected chi connectivity index (χ4v) is 3.06. The summed E-state index contributed by atoms with van der Waals surface area (Å²) in [5.41, 5.74) is 0. The Hall–Kier alpha value is -0.130. The lowest BCUT2D eigenvalue weighted by atomic mass is 9.81. The molecule has 0 aromatic heterocycles. The van der Waals surface area contributed by atoms with Crippen LogP contribution in [0.25, 0.3) is 0 Å². The monoisotopic (exact) mass is 206 g/mol. The Balaban J connectivity index is 2.09. The summed E-state index contributed by atoms with van der Waals surface area (Å²) in [6, 6.07) is 0. The lowest BCUT2D eigenvalue weighted by Gasteiger charge is -2.26. The molecule has 5 atom stereocenters. The SMILES string of the molecule is CC1CC2OC1C(C)C2O[SH](=O)=O. The van der Waals surface area contributed by atoms with Crippen LogP contribution in [0.3, 0.4) is 0 Å². The molecule has 2 aliphatic rings. The lowest BCUT2D eigenvalue weighted by Crippen LogP contribution is -2.36. The quantitative estimate of drug-likeness (QED) is 0.662. The van der Waals surface area contributed by atoms with Gasteiger partial charge >= 0.3 is 0 Å². The van der Waals surface area contributed by atoms with Crippen LogP contribution in [-0.2, 0) is 19.9 Å². The molecule has 2 rings (SSSR count). The topological polar surface area (TPSA) is 52.6 Å². The highest BCUT2D eigenvalue weighted by Crippen LogP contribution is 2.43. The van der Waals surface area contributed by atoms with Gasteiger partial charge in [0.2, 0.25) is 0 Å². The average Bonchev–Trinajstić information content (AvgIpc) is 2.51. The van der Waals surface area contributed by atoms with E-state index in [-0.39, 0.29) is 24.2 Å². The van der Waals surface area contributed by atoms with E-state index in [0.29, 0.717) is 5.92 Å². The fraction of sp³-hybridized carbons (Fsp3) is 1.00. The van der Waals surface area contributed by atoms with Gasteiger partial charge in [-0.25, -0.2) is 8.42 Å². The van der Waals surface area contributed by atoms with Crippen molar-refractivity contribution in [3.63, 3.8) is 0 Å². The zero-order chi connectivity index (χ0) is 9.59. The molecule has 76 valence electrons. The van der Waals surface area contributed by atoms with E-state index in [0.717, 1.165) is 6.42 Å². The molecule has 2 fully saturated rings. The zero-order valence-corrected chi connectivity index (χ0v) is 8.57. The molecule has 0 N–H and O–H groups in total. The lowest BCUT2D eigenvalue weighted by molar-refractivity contribution is 0.0661. The Morgan fingerprint density at radius 1 is 1.38 bits per heavy atom. The summed E-state index contributed by atoms with van der Waals surface area (Å²) in [4.78, 5) is 0. The first-order chi connectivity index (χ1) is 6.09. The molecule has 0 aromatic carbocycles. The molecule has 5 unspecified atom stereocenters. The maximum atomic E-state index is 10.4. The van der Waals surface area contributed by atoms with Crippen LogP contribution in [0.4, 0.5) is 0 Å². The second-order valence-corrected chi connectivity index (χ2v) is 4.66. The molecule has 0 spiro atoms. The molecule has 2 heterocycles. The first-order valence-corrected chi connectivity index (χ1v) is 5.65. The first kappa shape index (κ1) is 9.43. The van der Waals surface area contributed by atoms with Gasteiger partial charge in [-0.3, -0.25) is 4.18 Å². The second-order valence-electron chi connectivity index (χ2n) is 4.00. The maximum Gasteiger partial charge on any atom is 0.257 e. The van der Waals surface area contributed by atoms with E-state index in [4.69, 9.17) is 8.92 Å². The van der Waals surface area contributed by atoms with Crippen LogP contribution in [0.1, 0.15) is 20.3 Å². The van der Waals surface area contributed by atoms with Crippen molar-refractivity contribution in [1.29, 1.82) is 0 Å². The van der Waals surface area contributed by atoms with Gasteiger partial charge < -0.3 is 4.74 Å². The van der Waals surface area contributed by atoms with Crippen LogP contribution in [-0.4, -0.2) is 26.7 Å². The van der Waals surface area contributed by atoms with Gasteiger partial charge in [0.05, 0.1) is 12.2 Å². The minimum absolute atomic E-state index is 0.0112. The van der Waals surface area contributed by atoms with Crippen molar-refractivity contribution >= 4 is 11.0 Å². The molecule has 0 amide bonds. The first-order valence-electron chi connectivity index (χ1n) is 4.56. The number of rotatable bonds is 2. The summed E-state index contributed by atoms with van der Waals surface area (Å²) < 4.78 is 31.3. The van der Waals surface area contributed by atoms with Gasteiger partial charge in [-0.2, -0.15) is 0 Å². The summed E-state index contributed by atoms with van der Waals surface area (Å²) >= 11 is 0. The third-order valence-electron chi connectivity index (χ3n) is 3.11. The minimum atomic E-state index is -2.74. The molecule has 2 saturated heterocycles. The molecular formula is C8H14O4S. The van der Waals surface area contributed by atoms with Crippen molar-refractivity contribution in [3.8, 4) is 0 Å². The fourth-order valence-electron chi connectivity index (χ4n) is 2.53. The van der Waals surface area contributed by atoms with E-state index in [1.54, 1.807) is 0 Å². The number of hydrogen-bond donors (Lipinski definition) is 1. The highest BCUT2D eigenvalue weighted by molar-refractivity contribution is 7.67. The number of fused-ring (bicyclic) bond motifs is 2. The highest BCUT2D eigenvalue weighted by Gasteiger charge is 2.51. The van der Waals surface area contributed by atoms with E-state index < -0.39 is 11.0 Å². The van der Waals surface area contributed by atoms with Crippen molar-refractivity contribution in [2.45, 2.75) is 38.6 Å². The average molecular weight is 206 g/mol. The van der Waals surface area contributed by atoms with E-state index >= 15 is 0 Å². The third kappa shape index (κ3) is 1.49. The van der Waals surface area contributed by atoms with Crippen molar-refractivity contribution in [2.75, 3.05) is 0 Å².